The zero-order chi connectivity index (χ0) is 10.7. The number of nitrogens with two attached hydrogens (primary N) is 1. The molecule has 0 saturated carbocycles. The molecule has 0 unspecified atom stereocenters. The molecular formula is C9H7N3OS2. The van der Waals surface area contributed by atoms with Crippen LogP contribution in [0.1, 0.15) is 0 Å². The maximum Gasteiger partial charge on any atom is 0.282 e. The van der Waals surface area contributed by atoms with Gasteiger partial charge in [-0.2, -0.15) is 0 Å². The van der Waals surface area contributed by atoms with Crippen LogP contribution in [0, 0.1) is 0 Å². The van der Waals surface area contributed by atoms with E-state index in [9.17, 15) is 4.79 Å². The zero-order valence-electron chi connectivity index (χ0n) is 7.58. The second-order valence-corrected chi connectivity index (χ2v) is 4.98. The summed E-state index contributed by atoms with van der Waals surface area (Å²) in [6.45, 7) is 0. The molecule has 2 aromatic heterocycles. The van der Waals surface area contributed by atoms with Crippen molar-refractivity contribution in [2.45, 2.75) is 4.21 Å². The highest BCUT2D eigenvalue weighted by Crippen LogP contribution is 2.30. The minimum Gasteiger partial charge on any atom is -0.360 e. The van der Waals surface area contributed by atoms with E-state index in [1.165, 1.54) is 11.3 Å². The molecule has 0 spiro atoms. The molecule has 0 aliphatic carbocycles. The van der Waals surface area contributed by atoms with Gasteiger partial charge in [-0.1, -0.05) is 0 Å². The van der Waals surface area contributed by atoms with Gasteiger partial charge in [0.25, 0.3) is 5.24 Å². The van der Waals surface area contributed by atoms with E-state index in [0.717, 1.165) is 26.5 Å². The molecule has 15 heavy (non-hydrogen) atoms. The molecule has 76 valence electrons. The molecule has 2 aromatic rings. The summed E-state index contributed by atoms with van der Waals surface area (Å²) in [5.74, 6) is 0. The van der Waals surface area contributed by atoms with Gasteiger partial charge in [-0.25, -0.2) is 4.98 Å². The van der Waals surface area contributed by atoms with Crippen LogP contribution in [0.2, 0.25) is 0 Å². The Balaban J connectivity index is 2.24. The van der Waals surface area contributed by atoms with E-state index < -0.39 is 5.24 Å². The van der Waals surface area contributed by atoms with Crippen molar-refractivity contribution < 1.29 is 4.79 Å². The number of primary amides is 1. The number of pyridine rings is 1. The summed E-state index contributed by atoms with van der Waals surface area (Å²) in [4.78, 5) is 18.8. The van der Waals surface area contributed by atoms with Crippen LogP contribution in [0.15, 0.2) is 34.9 Å². The molecule has 2 heterocycles. The number of nitrogens with zero attached hydrogens (tertiary/aromatic N) is 2. The Kier molecular flexibility index (Phi) is 2.98. The lowest BCUT2D eigenvalue weighted by Gasteiger charge is -1.92. The Morgan fingerprint density at radius 2 is 2.13 bits per heavy atom. The first-order valence-electron chi connectivity index (χ1n) is 4.09. The molecule has 1 amide bonds. The van der Waals surface area contributed by atoms with Crippen LogP contribution in [0.3, 0.4) is 0 Å². The highest BCUT2D eigenvalue weighted by molar-refractivity contribution is 8.14. The number of thioether (sulfide) groups is 1. The monoisotopic (exact) mass is 237 g/mol. The molecule has 2 N–H and O–H groups in total. The summed E-state index contributed by atoms with van der Waals surface area (Å²) in [6.07, 6.45) is 5.06. The molecule has 0 aliphatic rings. The fourth-order valence-corrected chi connectivity index (χ4v) is 2.64. The third-order valence-corrected chi connectivity index (χ3v) is 3.46. The lowest BCUT2D eigenvalue weighted by molar-refractivity contribution is 0.267. The maximum atomic E-state index is 10.7. The summed E-state index contributed by atoms with van der Waals surface area (Å²) in [5.41, 5.74) is 6.06. The van der Waals surface area contributed by atoms with Crippen LogP contribution in [-0.4, -0.2) is 15.2 Å². The predicted octanol–water partition coefficient (Wildman–Crippen LogP) is 2.38. The van der Waals surface area contributed by atoms with E-state index in [1.54, 1.807) is 18.6 Å². The van der Waals surface area contributed by atoms with Crippen molar-refractivity contribution in [2.24, 2.45) is 5.73 Å². The quantitative estimate of drug-likeness (QED) is 0.814. The average molecular weight is 237 g/mol. The van der Waals surface area contributed by atoms with Crippen molar-refractivity contribution in [3.8, 4) is 10.6 Å². The highest BCUT2D eigenvalue weighted by atomic mass is 32.2. The summed E-state index contributed by atoms with van der Waals surface area (Å²) < 4.78 is 0.800. The van der Waals surface area contributed by atoms with Gasteiger partial charge in [-0.15, -0.1) is 11.3 Å². The number of thiazole rings is 1. The average Bonchev–Trinajstić information content (AvgIpc) is 2.67. The smallest absolute Gasteiger partial charge is 0.282 e. The van der Waals surface area contributed by atoms with Gasteiger partial charge in [-0.3, -0.25) is 9.78 Å². The van der Waals surface area contributed by atoms with Crippen molar-refractivity contribution in [3.63, 3.8) is 0 Å². The second kappa shape index (κ2) is 4.41. The normalized spacial score (nSPS) is 10.1. The molecule has 0 atom stereocenters. The Bertz CT molecular complexity index is 469. The SMILES string of the molecule is NC(=O)Sc1cnc(-c2ccncc2)s1. The summed E-state index contributed by atoms with van der Waals surface area (Å²) >= 11 is 2.43. The van der Waals surface area contributed by atoms with Gasteiger partial charge in [0.05, 0.1) is 10.4 Å². The van der Waals surface area contributed by atoms with E-state index in [0.29, 0.717) is 0 Å². The lowest BCUT2D eigenvalue weighted by Crippen LogP contribution is -2.00. The molecule has 4 nitrogen and oxygen atoms in total. The third kappa shape index (κ3) is 2.54. The first-order valence-corrected chi connectivity index (χ1v) is 5.72. The number of carbonyl (C=O) groups excluding carboxylic acids is 1. The number of carbonyl (C=O) groups is 1. The van der Waals surface area contributed by atoms with Gasteiger partial charge < -0.3 is 5.73 Å². The van der Waals surface area contributed by atoms with Crippen molar-refractivity contribution in [3.05, 3.63) is 30.7 Å². The van der Waals surface area contributed by atoms with Crippen LogP contribution < -0.4 is 5.73 Å². The molecular weight excluding hydrogens is 230 g/mol. The predicted molar refractivity (Wildman–Crippen MR) is 60.8 cm³/mol. The maximum absolute atomic E-state index is 10.7. The summed E-state index contributed by atoms with van der Waals surface area (Å²) in [7, 11) is 0. The van der Waals surface area contributed by atoms with Crippen molar-refractivity contribution in [2.75, 3.05) is 0 Å². The minimum atomic E-state index is -0.417. The van der Waals surface area contributed by atoms with Gasteiger partial charge in [0.15, 0.2) is 0 Å². The Labute approximate surface area is 94.6 Å². The Morgan fingerprint density at radius 3 is 2.80 bits per heavy atom. The first-order chi connectivity index (χ1) is 7.25. The molecule has 2 rings (SSSR count). The van der Waals surface area contributed by atoms with Gasteiger partial charge in [0, 0.05) is 18.0 Å². The Hall–Kier alpha value is -1.40. The van der Waals surface area contributed by atoms with Crippen molar-refractivity contribution >= 4 is 28.3 Å². The van der Waals surface area contributed by atoms with Crippen molar-refractivity contribution in [1.82, 2.24) is 9.97 Å². The molecule has 0 radical (unpaired) electrons. The minimum absolute atomic E-state index is 0.417. The van der Waals surface area contributed by atoms with Gasteiger partial charge >= 0.3 is 0 Å². The van der Waals surface area contributed by atoms with Crippen LogP contribution in [-0.2, 0) is 0 Å². The van der Waals surface area contributed by atoms with Crippen LogP contribution in [0.25, 0.3) is 10.6 Å². The number of hydrogen-bond acceptors (Lipinski definition) is 5. The number of rotatable bonds is 2. The highest BCUT2D eigenvalue weighted by Gasteiger charge is 2.06. The third-order valence-electron chi connectivity index (χ3n) is 1.61. The number of hydrogen-bond donors (Lipinski definition) is 1. The number of amides is 1. The van der Waals surface area contributed by atoms with Gasteiger partial charge in [-0.05, 0) is 23.9 Å². The summed E-state index contributed by atoms with van der Waals surface area (Å²) in [5, 5.41) is 0.445. The van der Waals surface area contributed by atoms with Crippen molar-refractivity contribution in [1.29, 1.82) is 0 Å². The van der Waals surface area contributed by atoms with Gasteiger partial charge in [0.1, 0.15) is 5.01 Å². The lowest BCUT2D eigenvalue weighted by atomic mass is 10.3. The Morgan fingerprint density at radius 1 is 1.40 bits per heavy atom. The molecule has 0 saturated heterocycles. The van der Waals surface area contributed by atoms with E-state index in [-0.39, 0.29) is 0 Å². The topological polar surface area (TPSA) is 68.9 Å². The first kappa shape index (κ1) is 10.1. The fraction of sp³-hybridized carbons (Fsp3) is 0. The van der Waals surface area contributed by atoms with E-state index >= 15 is 0 Å². The zero-order valence-corrected chi connectivity index (χ0v) is 9.22. The molecule has 0 aliphatic heterocycles. The standard InChI is InChI=1S/C9H7N3OS2/c10-9(13)15-7-5-12-8(14-7)6-1-3-11-4-2-6/h1-5H,(H2,10,13). The van der Waals surface area contributed by atoms with E-state index in [1.807, 2.05) is 12.1 Å². The van der Waals surface area contributed by atoms with E-state index in [2.05, 4.69) is 9.97 Å². The van der Waals surface area contributed by atoms with Gasteiger partial charge in [0.2, 0.25) is 0 Å². The largest absolute Gasteiger partial charge is 0.360 e. The molecule has 0 aromatic carbocycles. The molecule has 0 fully saturated rings. The number of aromatic nitrogens is 2. The second-order valence-electron chi connectivity index (χ2n) is 2.64. The summed E-state index contributed by atoms with van der Waals surface area (Å²) in [6, 6.07) is 3.75. The van der Waals surface area contributed by atoms with Crippen LogP contribution in [0.4, 0.5) is 4.79 Å². The van der Waals surface area contributed by atoms with Crippen LogP contribution >= 0.6 is 23.1 Å². The molecule has 0 bridgehead atoms. The molecule has 6 heteroatoms. The fourth-order valence-electron chi connectivity index (χ4n) is 1.03. The van der Waals surface area contributed by atoms with E-state index in [4.69, 9.17) is 5.73 Å². The van der Waals surface area contributed by atoms with Crippen LogP contribution in [0.5, 0.6) is 0 Å².